The van der Waals surface area contributed by atoms with Crippen LogP contribution in [-0.2, 0) is 57.1 Å². The van der Waals surface area contributed by atoms with Gasteiger partial charge in [0.2, 0.25) is 0 Å². The average molecular weight is 779 g/mol. The number of rotatable bonds is 3. The fourth-order valence-corrected chi connectivity index (χ4v) is 9.02. The second-order valence-electron chi connectivity index (χ2n) is 17.2. The Bertz CT molecular complexity index is 1270. The molecule has 0 aromatic heterocycles. The summed E-state index contributed by atoms with van der Waals surface area (Å²) in [6.45, 7) is 15.3. The molecule has 12 heteroatoms. The predicted octanol–water partition coefficient (Wildman–Crippen LogP) is 7.19. The van der Waals surface area contributed by atoms with Gasteiger partial charge in [0.1, 0.15) is 24.4 Å². The monoisotopic (exact) mass is 778 g/mol. The Hall–Kier alpha value is -2.28. The van der Waals surface area contributed by atoms with Gasteiger partial charge in [-0.25, -0.2) is 0 Å². The maximum atomic E-state index is 13.4. The molecule has 5 fully saturated rings. The molecule has 0 unspecified atom stereocenters. The number of esters is 4. The van der Waals surface area contributed by atoms with Crippen LogP contribution < -0.4 is 0 Å². The van der Waals surface area contributed by atoms with E-state index in [0.717, 1.165) is 51.4 Å². The van der Waals surface area contributed by atoms with Gasteiger partial charge in [-0.05, 0) is 105 Å². The molecule has 5 saturated heterocycles. The molecule has 5 rings (SSSR count). The number of carbonyl (C=O) groups excluding carboxylic acids is 4. The molecule has 0 aliphatic carbocycles. The summed E-state index contributed by atoms with van der Waals surface area (Å²) in [5.41, 5.74) is 0. The summed E-state index contributed by atoms with van der Waals surface area (Å²) in [6.07, 6.45) is 7.47. The number of hydrogen-bond donors (Lipinski definition) is 0. The van der Waals surface area contributed by atoms with E-state index in [0.29, 0.717) is 44.9 Å². The molecular weight excluding hydrogens is 708 g/mol. The van der Waals surface area contributed by atoms with Crippen LogP contribution in [0.2, 0.25) is 0 Å². The number of fused-ring (bicyclic) bond motifs is 8. The van der Waals surface area contributed by atoms with Crippen molar-refractivity contribution in [1.82, 2.24) is 0 Å². The SMILES string of the molecule is CC[C@@H]1C[C@H]2CC[C@@H](O2)[C@@H](C)C(=O)O[C@H](CC)C[C@@H]2CC[C@H](O2)[C@H](C)C(=O)O[C@@H](CC)C[C@@H]2CC[C@H](O2)[C@H](C)C(=O)O[C@H](C)C[C@H]2CC[C@H](O2)[C@H](C)C(=O)O1. The fourth-order valence-electron chi connectivity index (χ4n) is 9.02. The lowest BCUT2D eigenvalue weighted by molar-refractivity contribution is -0.162. The van der Waals surface area contributed by atoms with E-state index in [1.54, 1.807) is 0 Å². The largest absolute Gasteiger partial charge is 0.462 e. The van der Waals surface area contributed by atoms with Crippen LogP contribution in [-0.4, -0.2) is 97.1 Å². The molecule has 5 aliphatic heterocycles. The lowest BCUT2D eigenvalue weighted by Gasteiger charge is -2.27. The van der Waals surface area contributed by atoms with Crippen molar-refractivity contribution in [3.63, 3.8) is 0 Å². The lowest BCUT2D eigenvalue weighted by Crippen LogP contribution is -2.34. The minimum Gasteiger partial charge on any atom is -0.462 e. The van der Waals surface area contributed by atoms with Crippen LogP contribution in [0.4, 0.5) is 0 Å². The second-order valence-corrected chi connectivity index (χ2v) is 17.2. The Morgan fingerprint density at radius 1 is 0.382 bits per heavy atom. The van der Waals surface area contributed by atoms with Crippen molar-refractivity contribution in [3.05, 3.63) is 0 Å². The zero-order valence-corrected chi connectivity index (χ0v) is 34.7. The van der Waals surface area contributed by atoms with Crippen molar-refractivity contribution < 1.29 is 57.1 Å². The molecule has 16 atom stereocenters. The number of ether oxygens (including phenoxy) is 8. The van der Waals surface area contributed by atoms with Crippen molar-refractivity contribution in [1.29, 1.82) is 0 Å². The molecule has 0 aromatic rings. The van der Waals surface area contributed by atoms with Crippen molar-refractivity contribution in [2.24, 2.45) is 23.7 Å². The third-order valence-corrected chi connectivity index (χ3v) is 13.0. The standard InChI is InChI=1S/C43H70O12/c1-9-29-21-33-13-17-36(50-33)25(5)40(44)48-24(4)20-32-12-16-37(49-32)26(6)41(45)53-30(10-2)22-34-14-18-39(51-34)28(8)43(47)55-31(11-3)23-35-15-19-38(52-35)27(7)42(46)54-29/h24-39H,9-23H2,1-8H3/t24-,25+,26+,27+,28-,29+,30-,31-,32-,33+,34-,35+,36+,37+,38+,39-/m1/s1. The Balaban J connectivity index is 1.23. The predicted molar refractivity (Wildman–Crippen MR) is 203 cm³/mol. The summed E-state index contributed by atoms with van der Waals surface area (Å²) in [4.78, 5) is 53.2. The van der Waals surface area contributed by atoms with Crippen LogP contribution in [0, 0.1) is 23.7 Å². The molecule has 55 heavy (non-hydrogen) atoms. The van der Waals surface area contributed by atoms with Crippen LogP contribution in [0.15, 0.2) is 0 Å². The Morgan fingerprint density at radius 3 is 0.909 bits per heavy atom. The van der Waals surface area contributed by atoms with Gasteiger partial charge >= 0.3 is 23.9 Å². The molecule has 0 amide bonds. The van der Waals surface area contributed by atoms with Gasteiger partial charge in [-0.2, -0.15) is 0 Å². The van der Waals surface area contributed by atoms with Gasteiger partial charge in [-0.15, -0.1) is 0 Å². The highest BCUT2D eigenvalue weighted by Crippen LogP contribution is 2.35. The average Bonchev–Trinajstić information content (AvgIpc) is 4.01. The van der Waals surface area contributed by atoms with E-state index in [2.05, 4.69) is 0 Å². The molecule has 0 N–H and O–H groups in total. The Kier molecular flexibility index (Phi) is 16.3. The zero-order chi connectivity index (χ0) is 39.8. The molecule has 0 spiro atoms. The molecule has 5 heterocycles. The fraction of sp³-hybridized carbons (Fsp3) is 0.907. The van der Waals surface area contributed by atoms with Gasteiger partial charge in [0.05, 0.1) is 72.5 Å². The van der Waals surface area contributed by atoms with Crippen LogP contribution in [0.1, 0.15) is 152 Å². The normalized spacial score (nSPS) is 43.4. The van der Waals surface area contributed by atoms with Gasteiger partial charge in [0.25, 0.3) is 0 Å². The molecule has 12 nitrogen and oxygen atoms in total. The van der Waals surface area contributed by atoms with Gasteiger partial charge in [0.15, 0.2) is 0 Å². The molecule has 0 aromatic carbocycles. The summed E-state index contributed by atoms with van der Waals surface area (Å²) in [6, 6.07) is 0. The highest BCUT2D eigenvalue weighted by atomic mass is 16.6. The van der Waals surface area contributed by atoms with E-state index < -0.39 is 23.7 Å². The summed E-state index contributed by atoms with van der Waals surface area (Å²) in [5.74, 6) is -2.86. The Labute approximate surface area is 329 Å². The van der Waals surface area contributed by atoms with Crippen LogP contribution >= 0.6 is 0 Å². The molecule has 314 valence electrons. The number of hydrogen-bond acceptors (Lipinski definition) is 12. The highest BCUT2D eigenvalue weighted by Gasteiger charge is 2.41. The minimum atomic E-state index is -0.435. The maximum absolute atomic E-state index is 13.4. The lowest BCUT2D eigenvalue weighted by atomic mass is 9.99. The number of carbonyl (C=O) groups is 4. The smallest absolute Gasteiger partial charge is 0.311 e. The summed E-state index contributed by atoms with van der Waals surface area (Å²) < 4.78 is 49.3. The zero-order valence-electron chi connectivity index (χ0n) is 34.7. The van der Waals surface area contributed by atoms with E-state index >= 15 is 0 Å². The summed E-state index contributed by atoms with van der Waals surface area (Å²) in [7, 11) is 0. The van der Waals surface area contributed by atoms with Gasteiger partial charge in [0, 0.05) is 25.7 Å². The second kappa shape index (κ2) is 20.4. The van der Waals surface area contributed by atoms with Crippen LogP contribution in [0.5, 0.6) is 0 Å². The van der Waals surface area contributed by atoms with E-state index in [1.165, 1.54) is 0 Å². The van der Waals surface area contributed by atoms with E-state index in [-0.39, 0.29) is 97.1 Å². The van der Waals surface area contributed by atoms with E-state index in [9.17, 15) is 19.2 Å². The maximum Gasteiger partial charge on any atom is 0.311 e. The minimum absolute atomic E-state index is 0.116. The highest BCUT2D eigenvalue weighted by molar-refractivity contribution is 5.74. The third-order valence-electron chi connectivity index (χ3n) is 13.0. The van der Waals surface area contributed by atoms with Gasteiger partial charge in [-0.3, -0.25) is 19.2 Å². The molecule has 8 bridgehead atoms. The van der Waals surface area contributed by atoms with Gasteiger partial charge in [-0.1, -0.05) is 20.8 Å². The number of cyclic esters (lactones) is 4. The quantitative estimate of drug-likeness (QED) is 0.211. The van der Waals surface area contributed by atoms with E-state index in [1.807, 2.05) is 55.4 Å². The van der Waals surface area contributed by atoms with E-state index in [4.69, 9.17) is 37.9 Å². The third kappa shape index (κ3) is 11.9. The first kappa shape index (κ1) is 43.8. The summed E-state index contributed by atoms with van der Waals surface area (Å²) in [5, 5.41) is 0. The van der Waals surface area contributed by atoms with Crippen molar-refractivity contribution in [2.45, 2.75) is 225 Å². The van der Waals surface area contributed by atoms with Crippen LogP contribution in [0.25, 0.3) is 0 Å². The molecular formula is C43H70O12. The molecule has 0 radical (unpaired) electrons. The van der Waals surface area contributed by atoms with Crippen molar-refractivity contribution in [3.8, 4) is 0 Å². The summed E-state index contributed by atoms with van der Waals surface area (Å²) >= 11 is 0. The van der Waals surface area contributed by atoms with Crippen molar-refractivity contribution >= 4 is 23.9 Å². The Morgan fingerprint density at radius 2 is 0.636 bits per heavy atom. The first-order chi connectivity index (χ1) is 26.3. The van der Waals surface area contributed by atoms with Gasteiger partial charge < -0.3 is 37.9 Å². The first-order valence-corrected chi connectivity index (χ1v) is 21.7. The van der Waals surface area contributed by atoms with Crippen molar-refractivity contribution in [2.75, 3.05) is 0 Å². The van der Waals surface area contributed by atoms with Crippen LogP contribution in [0.3, 0.4) is 0 Å². The first-order valence-electron chi connectivity index (χ1n) is 21.7. The topological polar surface area (TPSA) is 142 Å². The molecule has 0 saturated carbocycles. The molecule has 5 aliphatic rings.